The number of ether oxygens (including phenoxy) is 2. The summed E-state index contributed by atoms with van der Waals surface area (Å²) in [5, 5.41) is 9.50. The van der Waals surface area contributed by atoms with Crippen LogP contribution in [-0.4, -0.2) is 36.4 Å². The van der Waals surface area contributed by atoms with Crippen LogP contribution in [0.1, 0.15) is 162 Å². The van der Waals surface area contributed by atoms with E-state index in [1.807, 2.05) is 6.08 Å². The Labute approximate surface area is 253 Å². The molecule has 0 aliphatic rings. The maximum Gasteiger partial charge on any atom is 0.306 e. The van der Waals surface area contributed by atoms with Gasteiger partial charge < -0.3 is 14.6 Å². The number of carbonyl (C=O) groups excluding carboxylic acids is 2. The number of unbranched alkanes of at least 4 members (excludes halogenated alkanes) is 18. The molecule has 0 aromatic rings. The molecular formula is C36H64O5. The molecule has 1 unspecified atom stereocenters. The molecule has 0 aliphatic heterocycles. The Morgan fingerprint density at radius 1 is 0.585 bits per heavy atom. The lowest BCUT2D eigenvalue weighted by molar-refractivity contribution is -0.161. The molecule has 0 heterocycles. The van der Waals surface area contributed by atoms with Crippen LogP contribution in [0.5, 0.6) is 0 Å². The molecule has 41 heavy (non-hydrogen) atoms. The maximum atomic E-state index is 12.1. The summed E-state index contributed by atoms with van der Waals surface area (Å²) in [4.78, 5) is 24.1. The molecule has 0 saturated carbocycles. The predicted octanol–water partition coefficient (Wildman–Crippen LogP) is 10.1. The Balaban J connectivity index is 3.60. The third-order valence-electron chi connectivity index (χ3n) is 7.26. The fourth-order valence-corrected chi connectivity index (χ4v) is 4.67. The van der Waals surface area contributed by atoms with Gasteiger partial charge in [0.1, 0.15) is 6.61 Å². The number of aliphatic hydroxyl groups excluding tert-OH is 1. The zero-order chi connectivity index (χ0) is 30.1. The lowest BCUT2D eigenvalue weighted by Crippen LogP contribution is -2.28. The average molecular weight is 577 g/mol. The van der Waals surface area contributed by atoms with Crippen LogP contribution in [0.25, 0.3) is 0 Å². The summed E-state index contributed by atoms with van der Waals surface area (Å²) in [6.45, 7) is 3.97. The predicted molar refractivity (Wildman–Crippen MR) is 173 cm³/mol. The summed E-state index contributed by atoms with van der Waals surface area (Å²) < 4.78 is 10.5. The first kappa shape index (κ1) is 39.1. The smallest absolute Gasteiger partial charge is 0.306 e. The van der Waals surface area contributed by atoms with Crippen LogP contribution < -0.4 is 0 Å². The van der Waals surface area contributed by atoms with Crippen LogP contribution in [0.15, 0.2) is 36.5 Å². The first-order valence-corrected chi connectivity index (χ1v) is 17.1. The van der Waals surface area contributed by atoms with Crippen molar-refractivity contribution in [3.05, 3.63) is 36.5 Å². The van der Waals surface area contributed by atoms with E-state index in [2.05, 4.69) is 44.2 Å². The van der Waals surface area contributed by atoms with E-state index in [1.54, 1.807) is 0 Å². The molecule has 0 saturated heterocycles. The van der Waals surface area contributed by atoms with E-state index >= 15 is 0 Å². The van der Waals surface area contributed by atoms with Crippen molar-refractivity contribution in [1.82, 2.24) is 0 Å². The molecule has 0 aliphatic carbocycles. The molecular weight excluding hydrogens is 512 g/mol. The van der Waals surface area contributed by atoms with Gasteiger partial charge in [-0.15, -0.1) is 0 Å². The molecule has 5 nitrogen and oxygen atoms in total. The summed E-state index contributed by atoms with van der Waals surface area (Å²) in [5.41, 5.74) is 0. The highest BCUT2D eigenvalue weighted by atomic mass is 16.6. The van der Waals surface area contributed by atoms with E-state index in [9.17, 15) is 14.7 Å². The van der Waals surface area contributed by atoms with Gasteiger partial charge in [-0.05, 0) is 32.1 Å². The quantitative estimate of drug-likeness (QED) is 0.0523. The number of allylic oxidation sites excluding steroid dienone is 6. The number of esters is 2. The van der Waals surface area contributed by atoms with E-state index < -0.39 is 6.10 Å². The molecule has 0 fully saturated rings. The Morgan fingerprint density at radius 3 is 1.56 bits per heavy atom. The van der Waals surface area contributed by atoms with Crippen molar-refractivity contribution in [2.75, 3.05) is 13.2 Å². The largest absolute Gasteiger partial charge is 0.462 e. The lowest BCUT2D eigenvalue weighted by Gasteiger charge is -2.15. The third kappa shape index (κ3) is 30.9. The van der Waals surface area contributed by atoms with Gasteiger partial charge in [-0.25, -0.2) is 0 Å². The molecule has 1 N–H and O–H groups in total. The first-order chi connectivity index (χ1) is 20.1. The zero-order valence-electron chi connectivity index (χ0n) is 26.8. The Morgan fingerprint density at radius 2 is 1.05 bits per heavy atom. The molecule has 5 heteroatoms. The SMILES string of the molecule is CC/C=C/C=C/C=C/CCCCCCCC(=O)OCC(CO)OC(=O)CCCCCCCCCCCCCCCC. The molecule has 0 amide bonds. The summed E-state index contributed by atoms with van der Waals surface area (Å²) in [6.07, 6.45) is 37.7. The second kappa shape index (κ2) is 32.6. The second-order valence-corrected chi connectivity index (χ2v) is 11.3. The van der Waals surface area contributed by atoms with Crippen LogP contribution in [0.2, 0.25) is 0 Å². The van der Waals surface area contributed by atoms with Gasteiger partial charge in [0.05, 0.1) is 6.61 Å². The van der Waals surface area contributed by atoms with Gasteiger partial charge in [-0.1, -0.05) is 153 Å². The van der Waals surface area contributed by atoms with Crippen molar-refractivity contribution in [3.63, 3.8) is 0 Å². The Bertz CT molecular complexity index is 667. The molecule has 0 radical (unpaired) electrons. The molecule has 238 valence electrons. The maximum absolute atomic E-state index is 12.1. The van der Waals surface area contributed by atoms with Gasteiger partial charge in [0.2, 0.25) is 0 Å². The number of rotatable bonds is 30. The minimum absolute atomic E-state index is 0.0746. The summed E-state index contributed by atoms with van der Waals surface area (Å²) in [5.74, 6) is -0.614. The summed E-state index contributed by atoms with van der Waals surface area (Å²) >= 11 is 0. The van der Waals surface area contributed by atoms with Crippen molar-refractivity contribution >= 4 is 11.9 Å². The van der Waals surface area contributed by atoms with Crippen molar-refractivity contribution in [1.29, 1.82) is 0 Å². The van der Waals surface area contributed by atoms with Gasteiger partial charge in [-0.3, -0.25) is 9.59 Å². The molecule has 1 atom stereocenters. The standard InChI is InChI=1S/C36H64O5/c1-3-5-7-9-11-13-15-17-19-21-23-25-27-29-31-36(39)41-34(32-37)33-40-35(38)30-28-26-24-22-20-18-16-14-12-10-8-6-4-2/h6,8,10,12,14,16,34,37H,3-5,7,9,11,13,15,17-33H2,1-2H3/b8-6+,12-10+,16-14+. The number of hydrogen-bond donors (Lipinski definition) is 1. The molecule has 0 aromatic carbocycles. The summed E-state index contributed by atoms with van der Waals surface area (Å²) in [6, 6.07) is 0. The molecule has 0 rings (SSSR count). The van der Waals surface area contributed by atoms with Crippen LogP contribution >= 0.6 is 0 Å². The third-order valence-corrected chi connectivity index (χ3v) is 7.26. The van der Waals surface area contributed by atoms with E-state index in [4.69, 9.17) is 9.47 Å². The molecule has 0 aromatic heterocycles. The van der Waals surface area contributed by atoms with Crippen LogP contribution in [0, 0.1) is 0 Å². The van der Waals surface area contributed by atoms with Crippen LogP contribution in [0.3, 0.4) is 0 Å². The Kier molecular flexibility index (Phi) is 31.1. The van der Waals surface area contributed by atoms with Gasteiger partial charge in [0.15, 0.2) is 6.10 Å². The number of aliphatic hydroxyl groups is 1. The van der Waals surface area contributed by atoms with Crippen molar-refractivity contribution in [2.24, 2.45) is 0 Å². The van der Waals surface area contributed by atoms with E-state index in [-0.39, 0.29) is 25.2 Å². The van der Waals surface area contributed by atoms with E-state index in [0.717, 1.165) is 64.2 Å². The van der Waals surface area contributed by atoms with E-state index in [0.29, 0.717) is 12.8 Å². The fourth-order valence-electron chi connectivity index (χ4n) is 4.67. The highest BCUT2D eigenvalue weighted by Gasteiger charge is 2.16. The van der Waals surface area contributed by atoms with E-state index in [1.165, 1.54) is 70.6 Å². The fraction of sp³-hybridized carbons (Fsp3) is 0.778. The summed E-state index contributed by atoms with van der Waals surface area (Å²) in [7, 11) is 0. The molecule has 0 bridgehead atoms. The topological polar surface area (TPSA) is 72.8 Å². The zero-order valence-corrected chi connectivity index (χ0v) is 26.8. The van der Waals surface area contributed by atoms with Crippen molar-refractivity contribution in [2.45, 2.75) is 168 Å². The average Bonchev–Trinajstić information content (AvgIpc) is 2.97. The molecule has 0 spiro atoms. The lowest BCUT2D eigenvalue weighted by atomic mass is 10.0. The van der Waals surface area contributed by atoms with Gasteiger partial charge in [-0.2, -0.15) is 0 Å². The minimum atomic E-state index is -0.774. The Hall–Kier alpha value is -1.88. The van der Waals surface area contributed by atoms with Gasteiger partial charge >= 0.3 is 11.9 Å². The number of carbonyl (C=O) groups is 2. The highest BCUT2D eigenvalue weighted by molar-refractivity contribution is 5.70. The normalized spacial score (nSPS) is 12.6. The monoisotopic (exact) mass is 576 g/mol. The van der Waals surface area contributed by atoms with Crippen LogP contribution in [-0.2, 0) is 19.1 Å². The van der Waals surface area contributed by atoms with Crippen LogP contribution in [0.4, 0.5) is 0 Å². The first-order valence-electron chi connectivity index (χ1n) is 17.1. The minimum Gasteiger partial charge on any atom is -0.462 e. The van der Waals surface area contributed by atoms with Crippen molar-refractivity contribution < 1.29 is 24.2 Å². The highest BCUT2D eigenvalue weighted by Crippen LogP contribution is 2.14. The second-order valence-electron chi connectivity index (χ2n) is 11.3. The van der Waals surface area contributed by atoms with Crippen molar-refractivity contribution in [3.8, 4) is 0 Å². The number of hydrogen-bond acceptors (Lipinski definition) is 5. The van der Waals surface area contributed by atoms with Gasteiger partial charge in [0, 0.05) is 12.8 Å². The van der Waals surface area contributed by atoms with Gasteiger partial charge in [0.25, 0.3) is 0 Å².